The first-order valence-corrected chi connectivity index (χ1v) is 9.75. The van der Waals surface area contributed by atoms with Crippen LogP contribution >= 0.6 is 0 Å². The Bertz CT molecular complexity index is 1250. The fourth-order valence-corrected chi connectivity index (χ4v) is 3.60. The molecule has 0 spiro atoms. The van der Waals surface area contributed by atoms with Gasteiger partial charge in [-0.3, -0.25) is 9.36 Å². The molecule has 0 saturated carbocycles. The summed E-state index contributed by atoms with van der Waals surface area (Å²) in [6, 6.07) is 22.8. The van der Waals surface area contributed by atoms with Crippen molar-refractivity contribution in [3.63, 3.8) is 0 Å². The predicted molar refractivity (Wildman–Crippen MR) is 116 cm³/mol. The lowest BCUT2D eigenvalue weighted by Gasteiger charge is -2.17. The summed E-state index contributed by atoms with van der Waals surface area (Å²) in [4.78, 5) is 18.2. The Morgan fingerprint density at radius 3 is 2.23 bits per heavy atom. The van der Waals surface area contributed by atoms with E-state index in [4.69, 9.17) is 0 Å². The van der Waals surface area contributed by atoms with Crippen LogP contribution in [0, 0.1) is 12.7 Å². The Morgan fingerprint density at radius 1 is 0.900 bits per heavy atom. The van der Waals surface area contributed by atoms with Crippen LogP contribution in [-0.2, 0) is 13.0 Å². The lowest BCUT2D eigenvalue weighted by molar-refractivity contribution is 0.476. The number of nitrogens with zero attached hydrogens (tertiary/aromatic N) is 2. The first-order valence-electron chi connectivity index (χ1n) is 9.75. The SMILES string of the molecule is Cc1nc(-c2ccccc2O)n(CCc2ccccc2)c(=O)c1-c1ccccc1F. The number of aromatic nitrogens is 2. The molecule has 0 aliphatic heterocycles. The van der Waals surface area contributed by atoms with Crippen LogP contribution < -0.4 is 5.56 Å². The molecule has 0 aliphatic carbocycles. The summed E-state index contributed by atoms with van der Waals surface area (Å²) in [5.74, 6) is -0.0630. The summed E-state index contributed by atoms with van der Waals surface area (Å²) in [6.45, 7) is 2.04. The van der Waals surface area contributed by atoms with Gasteiger partial charge in [-0.25, -0.2) is 9.37 Å². The molecule has 30 heavy (non-hydrogen) atoms. The average molecular weight is 400 g/mol. The van der Waals surface area contributed by atoms with Gasteiger partial charge >= 0.3 is 0 Å². The molecule has 0 aliphatic rings. The molecule has 150 valence electrons. The van der Waals surface area contributed by atoms with Crippen LogP contribution in [0.5, 0.6) is 5.75 Å². The van der Waals surface area contributed by atoms with Gasteiger partial charge in [-0.1, -0.05) is 60.7 Å². The largest absolute Gasteiger partial charge is 0.507 e. The molecule has 0 atom stereocenters. The number of aromatic hydroxyl groups is 1. The van der Waals surface area contributed by atoms with Crippen LogP contribution in [0.4, 0.5) is 4.39 Å². The number of para-hydroxylation sites is 1. The molecule has 4 aromatic rings. The molecule has 1 heterocycles. The molecular weight excluding hydrogens is 379 g/mol. The third kappa shape index (κ3) is 3.74. The smallest absolute Gasteiger partial charge is 0.262 e. The van der Waals surface area contributed by atoms with Crippen LogP contribution in [0.15, 0.2) is 83.7 Å². The summed E-state index contributed by atoms with van der Waals surface area (Å²) < 4.78 is 16.0. The van der Waals surface area contributed by atoms with Crippen molar-refractivity contribution >= 4 is 0 Å². The third-order valence-corrected chi connectivity index (χ3v) is 5.11. The highest BCUT2D eigenvalue weighted by Gasteiger charge is 2.20. The highest BCUT2D eigenvalue weighted by molar-refractivity contribution is 5.70. The Balaban J connectivity index is 1.91. The Kier molecular flexibility index (Phi) is 5.44. The summed E-state index contributed by atoms with van der Waals surface area (Å²) in [5.41, 5.74) is 2.08. The molecule has 0 bridgehead atoms. The fourth-order valence-electron chi connectivity index (χ4n) is 3.60. The van der Waals surface area contributed by atoms with E-state index in [1.165, 1.54) is 10.6 Å². The van der Waals surface area contributed by atoms with Crippen molar-refractivity contribution in [2.24, 2.45) is 0 Å². The van der Waals surface area contributed by atoms with Crippen molar-refractivity contribution in [3.05, 3.63) is 106 Å². The van der Waals surface area contributed by atoms with E-state index in [9.17, 15) is 14.3 Å². The Morgan fingerprint density at radius 2 is 1.53 bits per heavy atom. The number of benzene rings is 3. The fraction of sp³-hybridized carbons (Fsp3) is 0.120. The van der Waals surface area contributed by atoms with E-state index < -0.39 is 5.82 Å². The Labute approximate surface area is 173 Å². The summed E-state index contributed by atoms with van der Waals surface area (Å²) in [5, 5.41) is 10.4. The monoisotopic (exact) mass is 400 g/mol. The van der Waals surface area contributed by atoms with Crippen LogP contribution in [-0.4, -0.2) is 14.7 Å². The molecule has 1 aromatic heterocycles. The van der Waals surface area contributed by atoms with Crippen molar-refractivity contribution in [2.75, 3.05) is 0 Å². The molecular formula is C25H21FN2O2. The molecule has 3 aromatic carbocycles. The molecule has 4 nitrogen and oxygen atoms in total. The van der Waals surface area contributed by atoms with Crippen LogP contribution in [0.3, 0.4) is 0 Å². The first kappa shape index (κ1) is 19.6. The van der Waals surface area contributed by atoms with Gasteiger partial charge in [-0.2, -0.15) is 0 Å². The molecule has 0 fully saturated rings. The van der Waals surface area contributed by atoms with Crippen molar-refractivity contribution in [2.45, 2.75) is 19.9 Å². The number of phenolic OH excluding ortho intramolecular Hbond substituents is 1. The number of hydrogen-bond acceptors (Lipinski definition) is 3. The molecule has 0 radical (unpaired) electrons. The van der Waals surface area contributed by atoms with Crippen LogP contribution in [0.1, 0.15) is 11.3 Å². The van der Waals surface area contributed by atoms with Crippen LogP contribution in [0.2, 0.25) is 0 Å². The van der Waals surface area contributed by atoms with Gasteiger partial charge in [-0.05, 0) is 37.1 Å². The van der Waals surface area contributed by atoms with Gasteiger partial charge in [0.1, 0.15) is 17.4 Å². The minimum atomic E-state index is -0.468. The van der Waals surface area contributed by atoms with E-state index in [-0.39, 0.29) is 22.4 Å². The van der Waals surface area contributed by atoms with Crippen molar-refractivity contribution in [1.82, 2.24) is 9.55 Å². The highest BCUT2D eigenvalue weighted by Crippen LogP contribution is 2.29. The molecule has 1 N–H and O–H groups in total. The molecule has 5 heteroatoms. The number of halogens is 1. The van der Waals surface area contributed by atoms with Gasteiger partial charge in [0.05, 0.1) is 16.8 Å². The van der Waals surface area contributed by atoms with Crippen molar-refractivity contribution in [3.8, 4) is 28.3 Å². The van der Waals surface area contributed by atoms with E-state index in [0.29, 0.717) is 30.0 Å². The predicted octanol–water partition coefficient (Wildman–Crippen LogP) is 4.97. The van der Waals surface area contributed by atoms with Crippen LogP contribution in [0.25, 0.3) is 22.5 Å². The van der Waals surface area contributed by atoms with E-state index in [1.807, 2.05) is 30.3 Å². The Hall–Kier alpha value is -3.73. The van der Waals surface area contributed by atoms with E-state index in [0.717, 1.165) is 5.56 Å². The lowest BCUT2D eigenvalue weighted by atomic mass is 10.0. The topological polar surface area (TPSA) is 55.1 Å². The zero-order valence-electron chi connectivity index (χ0n) is 16.5. The summed E-state index contributed by atoms with van der Waals surface area (Å²) in [6.07, 6.45) is 0.600. The van der Waals surface area contributed by atoms with Gasteiger partial charge in [-0.15, -0.1) is 0 Å². The first-order chi connectivity index (χ1) is 14.6. The number of phenols is 1. The summed E-state index contributed by atoms with van der Waals surface area (Å²) in [7, 11) is 0. The quantitative estimate of drug-likeness (QED) is 0.514. The van der Waals surface area contributed by atoms with Gasteiger partial charge in [0.25, 0.3) is 5.56 Å². The van der Waals surface area contributed by atoms with Gasteiger partial charge in [0, 0.05) is 12.1 Å². The van der Waals surface area contributed by atoms with E-state index in [1.54, 1.807) is 49.4 Å². The van der Waals surface area contributed by atoms with E-state index in [2.05, 4.69) is 4.98 Å². The maximum Gasteiger partial charge on any atom is 0.262 e. The minimum absolute atomic E-state index is 0.0379. The van der Waals surface area contributed by atoms with Crippen molar-refractivity contribution < 1.29 is 9.50 Å². The van der Waals surface area contributed by atoms with Gasteiger partial charge < -0.3 is 5.11 Å². The second kappa shape index (κ2) is 8.33. The number of hydrogen-bond donors (Lipinski definition) is 1. The maximum absolute atomic E-state index is 14.5. The number of rotatable bonds is 5. The van der Waals surface area contributed by atoms with Crippen molar-refractivity contribution in [1.29, 1.82) is 0 Å². The zero-order valence-corrected chi connectivity index (χ0v) is 16.5. The number of aryl methyl sites for hydroxylation is 2. The molecule has 4 rings (SSSR count). The van der Waals surface area contributed by atoms with Gasteiger partial charge in [0.15, 0.2) is 0 Å². The minimum Gasteiger partial charge on any atom is -0.507 e. The average Bonchev–Trinajstić information content (AvgIpc) is 2.75. The molecule has 0 unspecified atom stereocenters. The molecule has 0 amide bonds. The summed E-state index contributed by atoms with van der Waals surface area (Å²) >= 11 is 0. The van der Waals surface area contributed by atoms with E-state index >= 15 is 0 Å². The highest BCUT2D eigenvalue weighted by atomic mass is 19.1. The lowest BCUT2D eigenvalue weighted by Crippen LogP contribution is -2.27. The maximum atomic E-state index is 14.5. The standard InChI is InChI=1S/C25H21FN2O2/c1-17-23(19-11-5-7-13-21(19)26)25(30)28(16-15-18-9-3-2-4-10-18)24(27-17)20-12-6-8-14-22(20)29/h2-14,29H,15-16H2,1H3. The molecule has 0 saturated heterocycles. The zero-order chi connectivity index (χ0) is 21.1. The third-order valence-electron chi connectivity index (χ3n) is 5.11. The second-order valence-electron chi connectivity index (χ2n) is 7.09. The second-order valence-corrected chi connectivity index (χ2v) is 7.09. The normalized spacial score (nSPS) is 10.9. The van der Waals surface area contributed by atoms with Gasteiger partial charge in [0.2, 0.25) is 0 Å².